The van der Waals surface area contributed by atoms with E-state index in [2.05, 4.69) is 15.9 Å². The number of nitriles is 1. The van der Waals surface area contributed by atoms with Gasteiger partial charge in [0.2, 0.25) is 0 Å². The summed E-state index contributed by atoms with van der Waals surface area (Å²) in [4.78, 5) is 0. The van der Waals surface area contributed by atoms with Crippen LogP contribution >= 0.6 is 15.9 Å². The minimum Gasteiger partial charge on any atom is -0.326 e. The second kappa shape index (κ2) is 3.65. The minimum absolute atomic E-state index is 0.196. The molecule has 62 valence electrons. The van der Waals surface area contributed by atoms with Crippen molar-refractivity contribution in [3.05, 3.63) is 33.5 Å². The van der Waals surface area contributed by atoms with Crippen LogP contribution in [0.1, 0.15) is 11.1 Å². The molecule has 0 atom stereocenters. The molecule has 1 rings (SSSR count). The van der Waals surface area contributed by atoms with Gasteiger partial charge in [-0.15, -0.1) is 0 Å². The van der Waals surface area contributed by atoms with E-state index < -0.39 is 5.82 Å². The van der Waals surface area contributed by atoms with Crippen LogP contribution < -0.4 is 5.73 Å². The van der Waals surface area contributed by atoms with Gasteiger partial charge in [-0.05, 0) is 33.6 Å². The molecule has 0 radical (unpaired) electrons. The van der Waals surface area contributed by atoms with Crippen LogP contribution in [-0.4, -0.2) is 0 Å². The first-order chi connectivity index (χ1) is 5.69. The Morgan fingerprint density at radius 2 is 2.25 bits per heavy atom. The van der Waals surface area contributed by atoms with E-state index in [1.165, 1.54) is 6.07 Å². The van der Waals surface area contributed by atoms with Crippen LogP contribution in [0, 0.1) is 17.1 Å². The van der Waals surface area contributed by atoms with Gasteiger partial charge in [-0.1, -0.05) is 0 Å². The summed E-state index contributed by atoms with van der Waals surface area (Å²) in [6, 6.07) is 4.74. The molecule has 0 bridgehead atoms. The molecule has 1 aromatic carbocycles. The van der Waals surface area contributed by atoms with Crippen LogP contribution in [0.15, 0.2) is 16.6 Å². The van der Waals surface area contributed by atoms with Crippen LogP contribution in [0.2, 0.25) is 0 Å². The SMILES string of the molecule is N#Cc1cc(CN)cc(F)c1Br. The molecule has 2 N–H and O–H groups in total. The third kappa shape index (κ3) is 1.63. The van der Waals surface area contributed by atoms with E-state index in [4.69, 9.17) is 11.0 Å². The van der Waals surface area contributed by atoms with Gasteiger partial charge >= 0.3 is 0 Å². The molecule has 0 aliphatic rings. The molecule has 0 aromatic heterocycles. The Morgan fingerprint density at radius 3 is 2.75 bits per heavy atom. The standard InChI is InChI=1S/C8H6BrFN2/c9-8-6(4-12)1-5(3-11)2-7(8)10/h1-2H,3,11H2. The lowest BCUT2D eigenvalue weighted by atomic mass is 10.1. The van der Waals surface area contributed by atoms with Crippen molar-refractivity contribution in [3.8, 4) is 6.07 Å². The van der Waals surface area contributed by atoms with Gasteiger partial charge in [0, 0.05) is 6.54 Å². The normalized spacial score (nSPS) is 9.50. The van der Waals surface area contributed by atoms with E-state index in [1.807, 2.05) is 6.07 Å². The van der Waals surface area contributed by atoms with Gasteiger partial charge in [0.15, 0.2) is 0 Å². The second-order valence-electron chi connectivity index (χ2n) is 2.26. The van der Waals surface area contributed by atoms with Crippen molar-refractivity contribution in [3.63, 3.8) is 0 Å². The van der Waals surface area contributed by atoms with Crippen LogP contribution in [0.3, 0.4) is 0 Å². The maximum Gasteiger partial charge on any atom is 0.139 e. The van der Waals surface area contributed by atoms with Crippen LogP contribution in [0.25, 0.3) is 0 Å². The Labute approximate surface area is 77.9 Å². The summed E-state index contributed by atoms with van der Waals surface area (Å²) in [7, 11) is 0. The van der Waals surface area contributed by atoms with E-state index in [9.17, 15) is 4.39 Å². The lowest BCUT2D eigenvalue weighted by Crippen LogP contribution is -1.98. The average Bonchev–Trinajstić information content (AvgIpc) is 2.09. The summed E-state index contributed by atoms with van der Waals surface area (Å²) >= 11 is 2.97. The van der Waals surface area contributed by atoms with Gasteiger partial charge in [0.25, 0.3) is 0 Å². The van der Waals surface area contributed by atoms with Gasteiger partial charge in [-0.2, -0.15) is 5.26 Å². The number of nitrogens with two attached hydrogens (primary N) is 1. The topological polar surface area (TPSA) is 49.8 Å². The average molecular weight is 229 g/mol. The molecule has 0 aliphatic carbocycles. The van der Waals surface area contributed by atoms with Crippen LogP contribution in [0.4, 0.5) is 4.39 Å². The van der Waals surface area contributed by atoms with Crippen molar-refractivity contribution in [2.24, 2.45) is 5.73 Å². The zero-order valence-corrected chi connectivity index (χ0v) is 7.73. The predicted molar refractivity (Wildman–Crippen MR) is 46.7 cm³/mol. The molecule has 0 fully saturated rings. The number of hydrogen-bond donors (Lipinski definition) is 1. The lowest BCUT2D eigenvalue weighted by molar-refractivity contribution is 0.618. The summed E-state index contributed by atoms with van der Waals surface area (Å²) in [5.74, 6) is -0.450. The zero-order valence-electron chi connectivity index (χ0n) is 6.14. The molecular weight excluding hydrogens is 223 g/mol. The summed E-state index contributed by atoms with van der Waals surface area (Å²) in [5, 5.41) is 8.58. The summed E-state index contributed by atoms with van der Waals surface area (Å²) < 4.78 is 13.2. The van der Waals surface area contributed by atoms with E-state index in [0.717, 1.165) is 0 Å². The minimum atomic E-state index is -0.450. The van der Waals surface area contributed by atoms with Crippen molar-refractivity contribution in [2.45, 2.75) is 6.54 Å². The zero-order chi connectivity index (χ0) is 9.14. The predicted octanol–water partition coefficient (Wildman–Crippen LogP) is 1.92. The first-order valence-electron chi connectivity index (χ1n) is 3.27. The molecule has 0 saturated carbocycles. The molecule has 0 spiro atoms. The van der Waals surface area contributed by atoms with Crippen molar-refractivity contribution >= 4 is 15.9 Å². The smallest absolute Gasteiger partial charge is 0.139 e. The lowest BCUT2D eigenvalue weighted by Gasteiger charge is -2.00. The molecule has 0 amide bonds. The third-order valence-corrected chi connectivity index (χ3v) is 2.25. The summed E-state index contributed by atoms with van der Waals surface area (Å²) in [5.41, 5.74) is 6.19. The Hall–Kier alpha value is -0.920. The highest BCUT2D eigenvalue weighted by Gasteiger charge is 2.06. The number of benzene rings is 1. The fraction of sp³-hybridized carbons (Fsp3) is 0.125. The largest absolute Gasteiger partial charge is 0.326 e. The van der Waals surface area contributed by atoms with Crippen molar-refractivity contribution in [1.82, 2.24) is 0 Å². The highest BCUT2D eigenvalue weighted by atomic mass is 79.9. The number of halogens is 2. The van der Waals surface area contributed by atoms with E-state index >= 15 is 0 Å². The van der Waals surface area contributed by atoms with E-state index in [-0.39, 0.29) is 16.6 Å². The summed E-state index contributed by atoms with van der Waals surface area (Å²) in [6.45, 7) is 0.235. The van der Waals surface area contributed by atoms with Gasteiger partial charge in [-0.25, -0.2) is 4.39 Å². The number of nitrogens with zero attached hydrogens (tertiary/aromatic N) is 1. The van der Waals surface area contributed by atoms with Gasteiger partial charge in [-0.3, -0.25) is 0 Å². The molecule has 0 unspecified atom stereocenters. The first kappa shape index (κ1) is 9.17. The summed E-state index contributed by atoms with van der Waals surface area (Å²) in [6.07, 6.45) is 0. The highest BCUT2D eigenvalue weighted by Crippen LogP contribution is 2.21. The Morgan fingerprint density at radius 1 is 1.58 bits per heavy atom. The third-order valence-electron chi connectivity index (χ3n) is 1.44. The molecule has 4 heteroatoms. The number of rotatable bonds is 1. The quantitative estimate of drug-likeness (QED) is 0.799. The van der Waals surface area contributed by atoms with Crippen molar-refractivity contribution in [2.75, 3.05) is 0 Å². The molecule has 0 saturated heterocycles. The van der Waals surface area contributed by atoms with Crippen molar-refractivity contribution in [1.29, 1.82) is 5.26 Å². The Balaban J connectivity index is 3.31. The molecule has 0 heterocycles. The van der Waals surface area contributed by atoms with Gasteiger partial charge in [0.1, 0.15) is 11.9 Å². The first-order valence-corrected chi connectivity index (χ1v) is 4.06. The van der Waals surface area contributed by atoms with E-state index in [1.54, 1.807) is 6.07 Å². The maximum atomic E-state index is 13.0. The fourth-order valence-corrected chi connectivity index (χ4v) is 1.16. The van der Waals surface area contributed by atoms with Crippen molar-refractivity contribution < 1.29 is 4.39 Å². The number of hydrogen-bond acceptors (Lipinski definition) is 2. The molecule has 1 aromatic rings. The second-order valence-corrected chi connectivity index (χ2v) is 3.05. The Bertz CT molecular complexity index is 344. The monoisotopic (exact) mass is 228 g/mol. The molecule has 12 heavy (non-hydrogen) atoms. The maximum absolute atomic E-state index is 13.0. The van der Waals surface area contributed by atoms with Gasteiger partial charge in [0.05, 0.1) is 10.0 Å². The molecule has 0 aliphatic heterocycles. The van der Waals surface area contributed by atoms with Crippen LogP contribution in [-0.2, 0) is 6.54 Å². The van der Waals surface area contributed by atoms with Gasteiger partial charge < -0.3 is 5.73 Å². The highest BCUT2D eigenvalue weighted by molar-refractivity contribution is 9.10. The fourth-order valence-electron chi connectivity index (χ4n) is 0.844. The molecule has 2 nitrogen and oxygen atoms in total. The van der Waals surface area contributed by atoms with Crippen LogP contribution in [0.5, 0.6) is 0 Å². The molecular formula is C8H6BrFN2. The van der Waals surface area contributed by atoms with E-state index in [0.29, 0.717) is 5.56 Å². The Kier molecular flexibility index (Phi) is 2.79.